The van der Waals surface area contributed by atoms with Crippen LogP contribution in [0.2, 0.25) is 0 Å². The Morgan fingerprint density at radius 1 is 1.21 bits per heavy atom. The Balaban J connectivity index is 1.73. The molecule has 2 aromatic rings. The highest BCUT2D eigenvalue weighted by Gasteiger charge is 2.26. The molecule has 5 nitrogen and oxygen atoms in total. The summed E-state index contributed by atoms with van der Waals surface area (Å²) in [6.45, 7) is 7.08. The molecule has 1 N–H and O–H groups in total. The van der Waals surface area contributed by atoms with E-state index >= 15 is 0 Å². The largest absolute Gasteiger partial charge is 0.327 e. The first-order valence-corrected chi connectivity index (χ1v) is 10.1. The number of carbonyl (C=O) groups excluding carboxylic acids is 1. The van der Waals surface area contributed by atoms with Gasteiger partial charge in [0.05, 0.1) is 12.1 Å². The maximum absolute atomic E-state index is 12.7. The highest BCUT2D eigenvalue weighted by atomic mass is 16.2. The van der Waals surface area contributed by atoms with Crippen molar-refractivity contribution in [1.82, 2.24) is 9.47 Å². The minimum absolute atomic E-state index is 0.0807. The van der Waals surface area contributed by atoms with Crippen molar-refractivity contribution in [2.45, 2.75) is 59.0 Å². The molecule has 0 bridgehead atoms. The zero-order chi connectivity index (χ0) is 20.3. The van der Waals surface area contributed by atoms with Crippen LogP contribution in [0.25, 0.3) is 0 Å². The lowest BCUT2D eigenvalue weighted by Crippen LogP contribution is -2.31. The van der Waals surface area contributed by atoms with E-state index < -0.39 is 0 Å². The van der Waals surface area contributed by atoms with Gasteiger partial charge < -0.3 is 9.88 Å². The predicted octanol–water partition coefficient (Wildman–Crippen LogP) is 4.47. The molecule has 1 fully saturated rings. The number of hydrogen-bond acceptors (Lipinski definition) is 3. The molecule has 1 heterocycles. The summed E-state index contributed by atoms with van der Waals surface area (Å²) in [7, 11) is 1.94. The molecule has 5 heteroatoms. The van der Waals surface area contributed by atoms with Crippen molar-refractivity contribution in [3.8, 4) is 6.07 Å². The smallest absolute Gasteiger partial charge is 0.239 e. The van der Waals surface area contributed by atoms with Crippen molar-refractivity contribution in [2.24, 2.45) is 0 Å². The first-order chi connectivity index (χ1) is 13.4. The topological polar surface area (TPSA) is 61.1 Å². The van der Waals surface area contributed by atoms with Crippen LogP contribution in [0.4, 0.5) is 5.82 Å². The van der Waals surface area contributed by atoms with E-state index in [1.807, 2.05) is 25.8 Å². The number of aromatic nitrogens is 1. The van der Waals surface area contributed by atoms with Gasteiger partial charge >= 0.3 is 0 Å². The van der Waals surface area contributed by atoms with Crippen LogP contribution in [0.3, 0.4) is 0 Å². The van der Waals surface area contributed by atoms with E-state index in [2.05, 4.69) is 47.1 Å². The Hall–Kier alpha value is -2.58. The molecule has 0 saturated heterocycles. The monoisotopic (exact) mass is 378 g/mol. The van der Waals surface area contributed by atoms with Gasteiger partial charge in [-0.05, 0) is 51.8 Å². The molecule has 0 unspecified atom stereocenters. The lowest BCUT2D eigenvalue weighted by Gasteiger charge is -2.21. The fraction of sp³-hybridized carbons (Fsp3) is 0.478. The Kier molecular flexibility index (Phi) is 6.21. The number of rotatable bonds is 6. The standard InChI is InChI=1S/C23H30N4O/c1-16-9-11-19(12-10-16)14-26(4)15-22(28)25-23-21(13-24)17(2)18(3)27(23)20-7-5-6-8-20/h9-12,20H,5-8,14-15H2,1-4H3,(H,25,28). The fourth-order valence-electron chi connectivity index (χ4n) is 4.18. The number of hydrogen-bond donors (Lipinski definition) is 1. The van der Waals surface area contributed by atoms with Crippen molar-refractivity contribution in [3.05, 3.63) is 52.2 Å². The van der Waals surface area contributed by atoms with Gasteiger partial charge in [0.25, 0.3) is 0 Å². The van der Waals surface area contributed by atoms with Gasteiger partial charge in [-0.3, -0.25) is 9.69 Å². The average molecular weight is 379 g/mol. The van der Waals surface area contributed by atoms with E-state index in [9.17, 15) is 10.1 Å². The average Bonchev–Trinajstić information content (AvgIpc) is 3.24. The Bertz CT molecular complexity index is 883. The van der Waals surface area contributed by atoms with Gasteiger partial charge in [-0.1, -0.05) is 42.7 Å². The maximum Gasteiger partial charge on any atom is 0.239 e. The first-order valence-electron chi connectivity index (χ1n) is 10.1. The number of carbonyl (C=O) groups is 1. The summed E-state index contributed by atoms with van der Waals surface area (Å²) < 4.78 is 2.19. The van der Waals surface area contributed by atoms with Crippen molar-refractivity contribution in [2.75, 3.05) is 18.9 Å². The van der Waals surface area contributed by atoms with Gasteiger partial charge in [-0.15, -0.1) is 0 Å². The molecule has 0 spiro atoms. The zero-order valence-corrected chi connectivity index (χ0v) is 17.4. The van der Waals surface area contributed by atoms with E-state index in [0.29, 0.717) is 24.0 Å². The highest BCUT2D eigenvalue weighted by molar-refractivity contribution is 5.93. The number of nitrogens with one attached hydrogen (secondary N) is 1. The summed E-state index contributed by atoms with van der Waals surface area (Å²) in [5.41, 5.74) is 5.06. The normalized spacial score (nSPS) is 14.4. The van der Waals surface area contributed by atoms with Crippen LogP contribution in [0.15, 0.2) is 24.3 Å². The highest BCUT2D eigenvalue weighted by Crippen LogP contribution is 2.37. The first kappa shape index (κ1) is 20.2. The van der Waals surface area contributed by atoms with Gasteiger partial charge in [0.1, 0.15) is 11.9 Å². The summed E-state index contributed by atoms with van der Waals surface area (Å²) in [5, 5.41) is 12.7. The SMILES string of the molecule is Cc1ccc(CN(C)CC(=O)Nc2c(C#N)c(C)c(C)n2C2CCCC2)cc1. The van der Waals surface area contributed by atoms with Crippen molar-refractivity contribution < 1.29 is 4.79 Å². The number of nitrogens with zero attached hydrogens (tertiary/aromatic N) is 3. The molecule has 28 heavy (non-hydrogen) atoms. The minimum atomic E-state index is -0.0807. The van der Waals surface area contributed by atoms with E-state index in [1.54, 1.807) is 0 Å². The van der Waals surface area contributed by atoms with E-state index in [4.69, 9.17) is 0 Å². The third-order valence-corrected chi connectivity index (χ3v) is 5.80. The molecule has 1 aromatic heterocycles. The van der Waals surface area contributed by atoms with Crippen LogP contribution >= 0.6 is 0 Å². The summed E-state index contributed by atoms with van der Waals surface area (Å²) >= 11 is 0. The second-order valence-corrected chi connectivity index (χ2v) is 8.06. The van der Waals surface area contributed by atoms with Crippen LogP contribution in [0.5, 0.6) is 0 Å². The summed E-state index contributed by atoms with van der Waals surface area (Å²) in [6, 6.07) is 11.0. The van der Waals surface area contributed by atoms with Crippen molar-refractivity contribution in [1.29, 1.82) is 5.26 Å². The molecular weight excluding hydrogens is 348 g/mol. The zero-order valence-electron chi connectivity index (χ0n) is 17.4. The van der Waals surface area contributed by atoms with E-state index in [-0.39, 0.29) is 12.5 Å². The van der Waals surface area contributed by atoms with E-state index in [1.165, 1.54) is 24.0 Å². The van der Waals surface area contributed by atoms with Gasteiger partial charge in [-0.2, -0.15) is 5.26 Å². The minimum Gasteiger partial charge on any atom is -0.327 e. The number of amides is 1. The maximum atomic E-state index is 12.7. The second kappa shape index (κ2) is 8.62. The Labute approximate surface area is 168 Å². The third-order valence-electron chi connectivity index (χ3n) is 5.80. The molecule has 1 saturated carbocycles. The molecule has 1 amide bonds. The van der Waals surface area contributed by atoms with Gasteiger partial charge in [0.15, 0.2) is 0 Å². The van der Waals surface area contributed by atoms with Crippen LogP contribution in [-0.4, -0.2) is 29.0 Å². The quantitative estimate of drug-likeness (QED) is 0.807. The fourth-order valence-corrected chi connectivity index (χ4v) is 4.18. The van der Waals surface area contributed by atoms with Crippen LogP contribution < -0.4 is 5.32 Å². The van der Waals surface area contributed by atoms with Crippen LogP contribution in [0.1, 0.15) is 59.7 Å². The Morgan fingerprint density at radius 2 is 1.86 bits per heavy atom. The lowest BCUT2D eigenvalue weighted by atomic mass is 10.1. The number of likely N-dealkylation sites (N-methyl/N-ethyl adjacent to an activating group) is 1. The molecule has 1 aromatic carbocycles. The van der Waals surface area contributed by atoms with Gasteiger partial charge in [-0.25, -0.2) is 0 Å². The van der Waals surface area contributed by atoms with Gasteiger partial charge in [0, 0.05) is 18.3 Å². The molecule has 0 atom stereocenters. The number of aryl methyl sites for hydroxylation is 1. The summed E-state index contributed by atoms with van der Waals surface area (Å²) in [5.74, 6) is 0.598. The van der Waals surface area contributed by atoms with Crippen molar-refractivity contribution in [3.63, 3.8) is 0 Å². The van der Waals surface area contributed by atoms with E-state index in [0.717, 1.165) is 24.1 Å². The molecule has 1 aliphatic rings. The lowest BCUT2D eigenvalue weighted by molar-refractivity contribution is -0.117. The van der Waals surface area contributed by atoms with Crippen LogP contribution in [0, 0.1) is 32.1 Å². The van der Waals surface area contributed by atoms with Crippen LogP contribution in [-0.2, 0) is 11.3 Å². The predicted molar refractivity (Wildman–Crippen MR) is 112 cm³/mol. The molecule has 148 valence electrons. The van der Waals surface area contributed by atoms with Gasteiger partial charge in [0.2, 0.25) is 5.91 Å². The number of nitriles is 1. The summed E-state index contributed by atoms with van der Waals surface area (Å²) in [6.07, 6.45) is 4.62. The Morgan fingerprint density at radius 3 is 2.46 bits per heavy atom. The number of anilines is 1. The molecule has 0 aliphatic heterocycles. The molecule has 0 radical (unpaired) electrons. The summed E-state index contributed by atoms with van der Waals surface area (Å²) in [4.78, 5) is 14.7. The molecular formula is C23H30N4O. The molecule has 1 aliphatic carbocycles. The molecule has 3 rings (SSSR count). The third kappa shape index (κ3) is 4.28. The number of benzene rings is 1. The van der Waals surface area contributed by atoms with Crippen molar-refractivity contribution >= 4 is 11.7 Å². The second-order valence-electron chi connectivity index (χ2n) is 8.06.